The van der Waals surface area contributed by atoms with Crippen LogP contribution in [0, 0.1) is 5.92 Å². The van der Waals surface area contributed by atoms with Gasteiger partial charge in [0, 0.05) is 43.3 Å². The minimum atomic E-state index is -2.27. The van der Waals surface area contributed by atoms with Gasteiger partial charge in [-0.3, -0.25) is 9.59 Å². The molecule has 2 aromatic rings. The molecule has 0 bridgehead atoms. The van der Waals surface area contributed by atoms with E-state index in [1.54, 1.807) is 7.11 Å². The van der Waals surface area contributed by atoms with E-state index in [-0.39, 0.29) is 36.0 Å². The Hall–Kier alpha value is -3.20. The van der Waals surface area contributed by atoms with Crippen molar-refractivity contribution in [3.63, 3.8) is 0 Å². The second-order valence-electron chi connectivity index (χ2n) is 13.8. The molecule has 45 heavy (non-hydrogen) atoms. The summed E-state index contributed by atoms with van der Waals surface area (Å²) in [5, 5.41) is 11.5. The molecule has 0 radical (unpaired) electrons. The fourth-order valence-electron chi connectivity index (χ4n) is 7.91. The first kappa shape index (κ1) is 33.2. The number of hydrogen-bond donors (Lipinski definition) is 1. The van der Waals surface area contributed by atoms with Crippen molar-refractivity contribution in [1.82, 2.24) is 0 Å². The van der Waals surface area contributed by atoms with Gasteiger partial charge in [-0.05, 0) is 82.3 Å². The number of carbonyl (C=O) groups excluding carboxylic acids is 2. The average molecular weight is 631 g/mol. The molecule has 2 fully saturated rings. The molecule has 0 unspecified atom stereocenters. The maximum Gasteiger partial charge on any atom is 0.264 e. The molecule has 4 atom stereocenters. The highest BCUT2D eigenvalue weighted by Crippen LogP contribution is 2.60. The topological polar surface area (TPSA) is 79.3 Å². The molecular weight excluding hydrogens is 581 g/mol. The first-order valence-corrected chi connectivity index (χ1v) is 19.5. The summed E-state index contributed by atoms with van der Waals surface area (Å²) in [5.74, 6) is 0.727. The van der Waals surface area contributed by atoms with Crippen LogP contribution in [0.2, 0.25) is 18.6 Å². The highest BCUT2D eigenvalue weighted by Gasteiger charge is 2.66. The van der Waals surface area contributed by atoms with Crippen molar-refractivity contribution in [3.05, 3.63) is 71.3 Å². The summed E-state index contributed by atoms with van der Waals surface area (Å²) in [6, 6.07) is 14.3. The molecule has 1 spiro atoms. The van der Waals surface area contributed by atoms with E-state index < -0.39 is 13.7 Å². The standard InChI is InChI=1S/C37H50N2O5Si/c1-25(2)10-8-11-26(3)19-22-39-32-18-13-28(38-21-9-12-34(38)41)24-31(32)37(36(39)42)27(4)35(33(44-37)20-23-40)45(6,7)30-16-14-29(43-5)15-17-30/h10,13-19,24,27,33,35,40H,8-9,11-12,20-23H2,1-7H3/b26-19+/t27-,33+,35-,37+/m1/s1. The molecule has 2 amide bonds. The zero-order chi connectivity index (χ0) is 32.5. The number of ether oxygens (including phenoxy) is 2. The van der Waals surface area contributed by atoms with Crippen LogP contribution >= 0.6 is 0 Å². The van der Waals surface area contributed by atoms with E-state index in [1.807, 2.05) is 40.1 Å². The van der Waals surface area contributed by atoms with Crippen LogP contribution in [0.4, 0.5) is 11.4 Å². The zero-order valence-electron chi connectivity index (χ0n) is 28.1. The molecule has 3 aliphatic rings. The number of rotatable bonds is 11. The lowest BCUT2D eigenvalue weighted by atomic mass is 9.82. The number of amides is 2. The van der Waals surface area contributed by atoms with Crippen molar-refractivity contribution in [1.29, 1.82) is 0 Å². The van der Waals surface area contributed by atoms with Gasteiger partial charge in [0.15, 0.2) is 5.60 Å². The number of fused-ring (bicyclic) bond motifs is 2. The second-order valence-corrected chi connectivity index (χ2v) is 18.5. The van der Waals surface area contributed by atoms with Gasteiger partial charge in [0.25, 0.3) is 5.91 Å². The van der Waals surface area contributed by atoms with E-state index in [4.69, 9.17) is 9.47 Å². The van der Waals surface area contributed by atoms with Gasteiger partial charge in [-0.2, -0.15) is 0 Å². The maximum atomic E-state index is 14.9. The van der Waals surface area contributed by atoms with Crippen LogP contribution in [0.1, 0.15) is 65.4 Å². The highest BCUT2D eigenvalue weighted by atomic mass is 28.3. The number of aliphatic hydroxyl groups is 1. The van der Waals surface area contributed by atoms with Crippen LogP contribution in [0.5, 0.6) is 5.75 Å². The van der Waals surface area contributed by atoms with Crippen molar-refractivity contribution in [2.45, 2.75) is 90.1 Å². The summed E-state index contributed by atoms with van der Waals surface area (Å²) in [6.45, 7) is 14.3. The molecule has 0 aromatic heterocycles. The van der Waals surface area contributed by atoms with E-state index in [0.29, 0.717) is 25.9 Å². The first-order valence-electron chi connectivity index (χ1n) is 16.4. The van der Waals surface area contributed by atoms with Gasteiger partial charge < -0.3 is 24.4 Å². The molecule has 0 saturated carbocycles. The third-order valence-electron chi connectivity index (χ3n) is 10.3. The smallest absolute Gasteiger partial charge is 0.264 e. The van der Waals surface area contributed by atoms with Crippen LogP contribution in [0.25, 0.3) is 0 Å². The van der Waals surface area contributed by atoms with E-state index in [1.165, 1.54) is 16.3 Å². The zero-order valence-corrected chi connectivity index (χ0v) is 29.1. The van der Waals surface area contributed by atoms with E-state index >= 15 is 0 Å². The molecule has 3 heterocycles. The number of hydrogen-bond acceptors (Lipinski definition) is 5. The van der Waals surface area contributed by atoms with Gasteiger partial charge >= 0.3 is 0 Å². The van der Waals surface area contributed by atoms with Crippen LogP contribution < -0.4 is 19.7 Å². The first-order chi connectivity index (χ1) is 21.4. The lowest BCUT2D eigenvalue weighted by Gasteiger charge is -2.37. The maximum absolute atomic E-state index is 14.9. The highest BCUT2D eigenvalue weighted by molar-refractivity contribution is 6.91. The van der Waals surface area contributed by atoms with Gasteiger partial charge in [0.2, 0.25) is 5.91 Å². The molecular formula is C37H50N2O5Si. The summed E-state index contributed by atoms with van der Waals surface area (Å²) in [5.41, 5.74) is 3.93. The monoisotopic (exact) mass is 630 g/mol. The molecule has 2 saturated heterocycles. The Kier molecular flexibility index (Phi) is 9.78. The Morgan fingerprint density at radius 1 is 1.11 bits per heavy atom. The Balaban J connectivity index is 1.58. The van der Waals surface area contributed by atoms with Crippen molar-refractivity contribution in [2.24, 2.45) is 5.92 Å². The van der Waals surface area contributed by atoms with Crippen LogP contribution in [-0.2, 0) is 19.9 Å². The molecule has 5 rings (SSSR count). The predicted octanol–water partition coefficient (Wildman–Crippen LogP) is 6.46. The minimum Gasteiger partial charge on any atom is -0.497 e. The van der Waals surface area contributed by atoms with E-state index in [9.17, 15) is 14.7 Å². The molecule has 0 aliphatic carbocycles. The Morgan fingerprint density at radius 3 is 2.47 bits per heavy atom. The number of nitrogens with zero attached hydrogens (tertiary/aromatic N) is 2. The molecule has 7 nitrogen and oxygen atoms in total. The Morgan fingerprint density at radius 2 is 1.84 bits per heavy atom. The number of allylic oxidation sites excluding steroid dienone is 3. The average Bonchev–Trinajstić information content (AvgIpc) is 3.64. The summed E-state index contributed by atoms with van der Waals surface area (Å²) < 4.78 is 12.5. The van der Waals surface area contributed by atoms with Crippen LogP contribution in [0.3, 0.4) is 0 Å². The van der Waals surface area contributed by atoms with E-state index in [2.05, 4.69) is 65.1 Å². The lowest BCUT2D eigenvalue weighted by molar-refractivity contribution is -0.146. The van der Waals surface area contributed by atoms with Crippen molar-refractivity contribution in [3.8, 4) is 5.75 Å². The minimum absolute atomic E-state index is 0.0161. The largest absolute Gasteiger partial charge is 0.497 e. The molecule has 242 valence electrons. The quantitative estimate of drug-likeness (QED) is 0.228. The Bertz CT molecular complexity index is 1480. The molecule has 3 aliphatic heterocycles. The van der Waals surface area contributed by atoms with Gasteiger partial charge in [-0.15, -0.1) is 0 Å². The fraction of sp³-hybridized carbons (Fsp3) is 0.514. The third kappa shape index (κ3) is 6.04. The predicted molar refractivity (Wildman–Crippen MR) is 184 cm³/mol. The number of anilines is 2. The fourth-order valence-corrected chi connectivity index (χ4v) is 12.0. The van der Waals surface area contributed by atoms with Gasteiger partial charge in [0.05, 0.1) is 27.0 Å². The molecule has 1 N–H and O–H groups in total. The van der Waals surface area contributed by atoms with Crippen LogP contribution in [0.15, 0.2) is 65.8 Å². The summed E-state index contributed by atoms with van der Waals surface area (Å²) >= 11 is 0. The van der Waals surface area contributed by atoms with Gasteiger partial charge in [-0.25, -0.2) is 0 Å². The van der Waals surface area contributed by atoms with Crippen LogP contribution in [-0.4, -0.2) is 57.9 Å². The van der Waals surface area contributed by atoms with E-state index in [0.717, 1.165) is 42.0 Å². The van der Waals surface area contributed by atoms with Crippen molar-refractivity contribution < 1.29 is 24.2 Å². The number of methoxy groups -OCH3 is 1. The summed E-state index contributed by atoms with van der Waals surface area (Å²) in [6.07, 6.45) is 7.86. The number of carbonyl (C=O) groups is 2. The Labute approximate surface area is 269 Å². The number of benzene rings is 2. The molecule has 8 heteroatoms. The third-order valence-corrected chi connectivity index (χ3v) is 14.7. The normalized spacial score (nSPS) is 25.0. The van der Waals surface area contributed by atoms with Crippen molar-refractivity contribution in [2.75, 3.05) is 36.6 Å². The van der Waals surface area contributed by atoms with Gasteiger partial charge in [0.1, 0.15) is 5.75 Å². The van der Waals surface area contributed by atoms with Crippen molar-refractivity contribution >= 4 is 36.4 Å². The number of aliphatic hydroxyl groups excluding tert-OH is 1. The second kappa shape index (κ2) is 13.3. The summed E-state index contributed by atoms with van der Waals surface area (Å²) in [7, 11) is -0.596. The lowest BCUT2D eigenvalue weighted by Crippen LogP contribution is -2.52. The summed E-state index contributed by atoms with van der Waals surface area (Å²) in [4.78, 5) is 31.4. The SMILES string of the molecule is COc1ccc([Si](C)(C)[C@H]2[C@H](CCO)O[C@@]3(C(=O)N(C/C=C(\C)CCC=C(C)C)c4ccc(N5CCCC5=O)cc43)[C@@H]2C)cc1. The van der Waals surface area contributed by atoms with Gasteiger partial charge in [-0.1, -0.05) is 60.6 Å². The molecule has 2 aromatic carbocycles.